The largest absolute Gasteiger partial charge is 0.527 e. The van der Waals surface area contributed by atoms with Gasteiger partial charge in [-0.2, -0.15) is 0 Å². The highest BCUT2D eigenvalue weighted by atomic mass is 35.5. The fourth-order valence-electron chi connectivity index (χ4n) is 0.432. The van der Waals surface area contributed by atoms with E-state index < -0.39 is 37.0 Å². The summed E-state index contributed by atoms with van der Waals surface area (Å²) < 4.78 is 62.5. The standard InChI is InChI=1S/CH7ClO16P4/c2-1(13-19(3,4)5)14-21(9,10)17-18-22(11,12)16-15-20(6,7)8/h1H,(H,9,10)(H,11,12)(H2,3,4,5)(H2,6,7,8). The zero-order valence-corrected chi connectivity index (χ0v) is 13.8. The highest BCUT2D eigenvalue weighted by molar-refractivity contribution is 7.50. The van der Waals surface area contributed by atoms with Crippen molar-refractivity contribution in [3.8, 4) is 0 Å². The van der Waals surface area contributed by atoms with Gasteiger partial charge in [0, 0.05) is 0 Å². The van der Waals surface area contributed by atoms with Crippen LogP contribution in [0.4, 0.5) is 0 Å². The summed E-state index contributed by atoms with van der Waals surface area (Å²) in [6, 6.07) is 0. The number of hydrogen-bond donors (Lipinski definition) is 6. The Bertz CT molecular complexity index is 540. The topological polar surface area (TPSA) is 245 Å². The molecule has 22 heavy (non-hydrogen) atoms. The highest BCUT2D eigenvalue weighted by Gasteiger charge is 2.37. The molecule has 0 fully saturated rings. The molecule has 0 aliphatic rings. The Labute approximate surface area is 125 Å². The molecule has 0 amide bonds. The van der Waals surface area contributed by atoms with E-state index in [1.165, 1.54) is 0 Å². The van der Waals surface area contributed by atoms with Crippen molar-refractivity contribution in [3.63, 3.8) is 0 Å². The third kappa shape index (κ3) is 13.2. The van der Waals surface area contributed by atoms with Crippen LogP contribution in [-0.2, 0) is 46.0 Å². The molecule has 0 spiro atoms. The predicted octanol–water partition coefficient (Wildman–Crippen LogP) is -0.175. The molecule has 3 unspecified atom stereocenters. The van der Waals surface area contributed by atoms with E-state index in [4.69, 9.17) is 41.0 Å². The van der Waals surface area contributed by atoms with Crippen molar-refractivity contribution in [1.29, 1.82) is 0 Å². The summed E-state index contributed by atoms with van der Waals surface area (Å²) in [5.41, 5.74) is 0. The van der Waals surface area contributed by atoms with E-state index in [1.54, 1.807) is 0 Å². The maximum Gasteiger partial charge on any atom is 0.527 e. The van der Waals surface area contributed by atoms with Gasteiger partial charge in [0.05, 0.1) is 0 Å². The molecule has 0 saturated carbocycles. The maximum atomic E-state index is 11.0. The summed E-state index contributed by atoms with van der Waals surface area (Å²) in [4.78, 5) is 50.4. The molecule has 3 atom stereocenters. The van der Waals surface area contributed by atoms with Crippen LogP contribution >= 0.6 is 42.9 Å². The first-order valence-corrected chi connectivity index (χ1v) is 10.5. The Hall–Kier alpha value is 0.730. The number of halogens is 1. The van der Waals surface area contributed by atoms with Crippen LogP contribution in [-0.4, -0.2) is 35.1 Å². The lowest BCUT2D eigenvalue weighted by Crippen LogP contribution is -2.08. The lowest BCUT2D eigenvalue weighted by atomic mass is 11.5. The predicted molar refractivity (Wildman–Crippen MR) is 59.9 cm³/mol. The molecule has 0 radical (unpaired) electrons. The summed E-state index contributed by atoms with van der Waals surface area (Å²) in [6.07, 6.45) is 0. The second-order valence-corrected chi connectivity index (χ2v) is 7.91. The van der Waals surface area contributed by atoms with E-state index in [9.17, 15) is 18.3 Å². The summed E-state index contributed by atoms with van der Waals surface area (Å²) in [7, 11) is -21.6. The van der Waals surface area contributed by atoms with Gasteiger partial charge in [-0.15, -0.1) is 18.7 Å². The molecule has 134 valence electrons. The second kappa shape index (κ2) is 8.21. The van der Waals surface area contributed by atoms with Gasteiger partial charge in [-0.1, -0.05) is 11.6 Å². The van der Waals surface area contributed by atoms with Crippen LogP contribution in [0.25, 0.3) is 0 Å². The Morgan fingerprint density at radius 3 is 1.45 bits per heavy atom. The zero-order chi connectivity index (χ0) is 17.8. The molecular weight excluding hydrogens is 427 g/mol. The van der Waals surface area contributed by atoms with Gasteiger partial charge in [-0.25, -0.2) is 27.3 Å². The summed E-state index contributed by atoms with van der Waals surface area (Å²) in [5, 5.41) is 0. The number of phosphoric acid groups is 4. The molecule has 0 aromatic heterocycles. The van der Waals surface area contributed by atoms with Gasteiger partial charge < -0.3 is 24.5 Å². The Kier molecular flexibility index (Phi) is 8.48. The first-order chi connectivity index (χ1) is 9.52. The van der Waals surface area contributed by atoms with Crippen molar-refractivity contribution >= 4 is 42.9 Å². The highest BCUT2D eigenvalue weighted by Crippen LogP contribution is 2.56. The number of rotatable bonds is 10. The van der Waals surface area contributed by atoms with Gasteiger partial charge in [0.1, 0.15) is 0 Å². The third-order valence-electron chi connectivity index (χ3n) is 0.883. The summed E-state index contributed by atoms with van der Waals surface area (Å²) in [6.45, 7) is 0. The van der Waals surface area contributed by atoms with Crippen molar-refractivity contribution < 1.29 is 75.4 Å². The van der Waals surface area contributed by atoms with Crippen LogP contribution in [0.5, 0.6) is 0 Å². The van der Waals surface area contributed by atoms with E-state index in [1.807, 2.05) is 0 Å². The van der Waals surface area contributed by atoms with Gasteiger partial charge in [-0.05, 0) is 0 Å². The van der Waals surface area contributed by atoms with Crippen molar-refractivity contribution in [2.75, 3.05) is 0 Å². The summed E-state index contributed by atoms with van der Waals surface area (Å²) in [5.74, 6) is -2.55. The third-order valence-corrected chi connectivity index (χ3v) is 3.53. The first kappa shape index (κ1) is 22.7. The Morgan fingerprint density at radius 1 is 0.636 bits per heavy atom. The van der Waals surface area contributed by atoms with Gasteiger partial charge in [0.15, 0.2) is 0 Å². The van der Waals surface area contributed by atoms with Crippen LogP contribution in [0.2, 0.25) is 0 Å². The monoisotopic (exact) mass is 434 g/mol. The van der Waals surface area contributed by atoms with E-state index in [0.717, 1.165) is 0 Å². The van der Waals surface area contributed by atoms with Crippen LogP contribution in [0, 0.1) is 0 Å². The first-order valence-electron chi connectivity index (χ1n) is 4.05. The van der Waals surface area contributed by atoms with Crippen molar-refractivity contribution in [3.05, 3.63) is 0 Å². The molecule has 16 nitrogen and oxygen atoms in total. The van der Waals surface area contributed by atoms with Crippen LogP contribution in [0.15, 0.2) is 0 Å². The lowest BCUT2D eigenvalue weighted by molar-refractivity contribution is -0.208. The Balaban J connectivity index is 4.48. The normalized spacial score (nSPS) is 20.1. The fourth-order valence-corrected chi connectivity index (χ4v) is 3.04. The van der Waals surface area contributed by atoms with Gasteiger partial charge in [-0.3, -0.25) is 4.89 Å². The molecular formula is CH7ClO16P4. The lowest BCUT2D eigenvalue weighted by Gasteiger charge is -2.16. The van der Waals surface area contributed by atoms with Gasteiger partial charge in [0.2, 0.25) is 0 Å². The van der Waals surface area contributed by atoms with Crippen molar-refractivity contribution in [1.82, 2.24) is 0 Å². The van der Waals surface area contributed by atoms with Crippen LogP contribution in [0.3, 0.4) is 0 Å². The molecule has 0 aromatic carbocycles. The minimum Gasteiger partial charge on any atom is -0.303 e. The molecule has 0 rings (SSSR count). The average molecular weight is 434 g/mol. The molecule has 0 bridgehead atoms. The minimum atomic E-state index is -5.56. The molecule has 0 aliphatic heterocycles. The van der Waals surface area contributed by atoms with Gasteiger partial charge >= 0.3 is 31.3 Å². The molecule has 0 aromatic rings. The number of alkyl halides is 1. The maximum absolute atomic E-state index is 11.0. The average Bonchev–Trinajstić information content (AvgIpc) is 2.20. The quantitative estimate of drug-likeness (QED) is 0.0858. The van der Waals surface area contributed by atoms with E-state index in [-0.39, 0.29) is 0 Å². The van der Waals surface area contributed by atoms with E-state index in [0.29, 0.717) is 0 Å². The van der Waals surface area contributed by atoms with Crippen LogP contribution < -0.4 is 0 Å². The Morgan fingerprint density at radius 2 is 1.05 bits per heavy atom. The minimum absolute atomic E-state index is 2.55. The molecule has 0 heterocycles. The molecule has 0 aliphatic carbocycles. The molecule has 6 N–H and O–H groups in total. The van der Waals surface area contributed by atoms with Crippen molar-refractivity contribution in [2.45, 2.75) is 5.75 Å². The van der Waals surface area contributed by atoms with E-state index >= 15 is 0 Å². The smallest absolute Gasteiger partial charge is 0.303 e. The van der Waals surface area contributed by atoms with Crippen molar-refractivity contribution in [2.24, 2.45) is 0 Å². The van der Waals surface area contributed by atoms with Gasteiger partial charge in [0.25, 0.3) is 5.75 Å². The SMILES string of the molecule is O=P(O)(O)OOP(=O)(O)OOP(=O)(O)OC(Cl)OP(=O)(O)O. The second-order valence-electron chi connectivity index (χ2n) is 2.70. The number of hydrogen-bond acceptors (Lipinski definition) is 10. The number of phosphoric ester groups is 2. The zero-order valence-electron chi connectivity index (χ0n) is 9.51. The van der Waals surface area contributed by atoms with E-state index in [2.05, 4.69) is 27.7 Å². The molecule has 21 heteroatoms. The molecule has 0 saturated heterocycles. The fraction of sp³-hybridized carbons (Fsp3) is 1.00. The summed E-state index contributed by atoms with van der Waals surface area (Å²) >= 11 is 4.93. The van der Waals surface area contributed by atoms with Crippen LogP contribution in [0.1, 0.15) is 0 Å².